The zero-order valence-electron chi connectivity index (χ0n) is 22.3. The molecule has 0 aliphatic rings. The van der Waals surface area contributed by atoms with Gasteiger partial charge in [-0.15, -0.1) is 0 Å². The van der Waals surface area contributed by atoms with Crippen LogP contribution in [0.15, 0.2) is 24.3 Å². The number of nitrogens with zero attached hydrogens (tertiary/aromatic N) is 1. The molecule has 5 N–H and O–H groups in total. The van der Waals surface area contributed by atoms with Gasteiger partial charge in [0.15, 0.2) is 0 Å². The van der Waals surface area contributed by atoms with Crippen molar-refractivity contribution in [1.82, 2.24) is 15.5 Å². The maximum atomic E-state index is 14.0. The van der Waals surface area contributed by atoms with Crippen LogP contribution in [0.3, 0.4) is 0 Å². The van der Waals surface area contributed by atoms with Gasteiger partial charge in [0, 0.05) is 19.0 Å². The van der Waals surface area contributed by atoms with Crippen LogP contribution in [0.1, 0.15) is 85.3 Å². The number of nitrogens with one attached hydrogen (secondary N) is 2. The Kier molecular flexibility index (Phi) is 12.2. The van der Waals surface area contributed by atoms with E-state index in [4.69, 9.17) is 10.5 Å². The van der Waals surface area contributed by atoms with Gasteiger partial charge < -0.3 is 31.1 Å². The minimum atomic E-state index is -1.16. The largest absolute Gasteiger partial charge is 0.508 e. The molecule has 3 unspecified atom stereocenters. The van der Waals surface area contributed by atoms with Crippen LogP contribution in [-0.4, -0.2) is 58.1 Å². The Labute approximate surface area is 213 Å². The minimum Gasteiger partial charge on any atom is -0.508 e. The first-order chi connectivity index (χ1) is 16.8. The summed E-state index contributed by atoms with van der Waals surface area (Å²) in [6.07, 6.45) is 1.11. The number of hydrogen-bond donors (Lipinski definition) is 4. The second kappa shape index (κ2) is 14.3. The fraction of sp³-hybridized carbons (Fsp3) is 0.615. The SMILES string of the molecule is CCCCNC(=O)C(c1cccc(O)c1)N(C(=O)C(CCC(N)=O)NC(=O)OC(C)(C)C)C(C)CC. The number of aromatic hydroxyl groups is 1. The molecule has 0 bridgehead atoms. The molecule has 1 aromatic carbocycles. The second-order valence-corrected chi connectivity index (χ2v) is 9.85. The van der Waals surface area contributed by atoms with Gasteiger partial charge in [-0.3, -0.25) is 14.4 Å². The molecule has 0 radical (unpaired) electrons. The number of rotatable bonds is 13. The van der Waals surface area contributed by atoms with Gasteiger partial charge >= 0.3 is 6.09 Å². The zero-order chi connectivity index (χ0) is 27.5. The lowest BCUT2D eigenvalue weighted by Crippen LogP contribution is -2.55. The third-order valence-electron chi connectivity index (χ3n) is 5.53. The van der Waals surface area contributed by atoms with Crippen molar-refractivity contribution >= 4 is 23.8 Å². The van der Waals surface area contributed by atoms with Crippen LogP contribution in [0.25, 0.3) is 0 Å². The van der Waals surface area contributed by atoms with Crippen LogP contribution in [0, 0.1) is 0 Å². The molecule has 0 saturated heterocycles. The van der Waals surface area contributed by atoms with E-state index in [0.29, 0.717) is 18.5 Å². The summed E-state index contributed by atoms with van der Waals surface area (Å²) < 4.78 is 5.32. The fourth-order valence-electron chi connectivity index (χ4n) is 3.59. The molecular formula is C26H42N4O6. The lowest BCUT2D eigenvalue weighted by atomic mass is 9.98. The van der Waals surface area contributed by atoms with E-state index in [0.717, 1.165) is 12.8 Å². The number of carbonyl (C=O) groups is 4. The Hall–Kier alpha value is -3.30. The summed E-state index contributed by atoms with van der Waals surface area (Å²) in [6, 6.07) is 3.51. The molecule has 1 aromatic rings. The number of nitrogens with two attached hydrogens (primary N) is 1. The molecule has 202 valence electrons. The van der Waals surface area contributed by atoms with Crippen molar-refractivity contribution < 1.29 is 29.0 Å². The molecule has 0 saturated carbocycles. The Bertz CT molecular complexity index is 899. The van der Waals surface area contributed by atoms with E-state index >= 15 is 0 Å². The third-order valence-corrected chi connectivity index (χ3v) is 5.53. The van der Waals surface area contributed by atoms with Gasteiger partial charge in [0.1, 0.15) is 23.4 Å². The standard InChI is InChI=1S/C26H42N4O6/c1-7-9-15-28-23(33)22(18-11-10-12-19(31)16-18)30(17(3)8-2)24(34)20(13-14-21(27)32)29-25(35)36-26(4,5)6/h10-12,16-17,20,22,31H,7-9,13-15H2,1-6H3,(H2,27,32)(H,28,33)(H,29,35). The molecule has 0 heterocycles. The number of unbranched alkanes of at least 4 members (excludes halogenated alkanes) is 1. The lowest BCUT2D eigenvalue weighted by molar-refractivity contribution is -0.145. The van der Waals surface area contributed by atoms with Crippen LogP contribution >= 0.6 is 0 Å². The normalized spacial score (nSPS) is 13.7. The van der Waals surface area contributed by atoms with Crippen molar-refractivity contribution in [3.8, 4) is 5.75 Å². The molecule has 1 rings (SSSR count). The van der Waals surface area contributed by atoms with Crippen molar-refractivity contribution in [2.75, 3.05) is 6.54 Å². The average molecular weight is 507 g/mol. The Morgan fingerprint density at radius 2 is 1.83 bits per heavy atom. The Morgan fingerprint density at radius 1 is 1.17 bits per heavy atom. The van der Waals surface area contributed by atoms with Crippen molar-refractivity contribution in [2.45, 2.75) is 97.4 Å². The third kappa shape index (κ3) is 10.1. The summed E-state index contributed by atoms with van der Waals surface area (Å²) in [5.74, 6) is -1.65. The van der Waals surface area contributed by atoms with Crippen molar-refractivity contribution in [3.63, 3.8) is 0 Å². The van der Waals surface area contributed by atoms with Crippen molar-refractivity contribution in [1.29, 1.82) is 0 Å². The second-order valence-electron chi connectivity index (χ2n) is 9.85. The summed E-state index contributed by atoms with van der Waals surface area (Å²) in [7, 11) is 0. The molecule has 10 heteroatoms. The number of primary amides is 1. The molecule has 36 heavy (non-hydrogen) atoms. The number of carbonyl (C=O) groups excluding carboxylic acids is 4. The summed E-state index contributed by atoms with van der Waals surface area (Å²) >= 11 is 0. The molecular weight excluding hydrogens is 464 g/mol. The number of benzene rings is 1. The number of ether oxygens (including phenoxy) is 1. The molecule has 10 nitrogen and oxygen atoms in total. The quantitative estimate of drug-likeness (QED) is 0.302. The molecule has 0 fully saturated rings. The molecule has 4 amide bonds. The van der Waals surface area contributed by atoms with Gasteiger partial charge in [-0.05, 0) is 64.7 Å². The van der Waals surface area contributed by atoms with Crippen LogP contribution in [-0.2, 0) is 19.1 Å². The Morgan fingerprint density at radius 3 is 2.36 bits per heavy atom. The number of amides is 4. The topological polar surface area (TPSA) is 151 Å². The first-order valence-electron chi connectivity index (χ1n) is 12.5. The van der Waals surface area contributed by atoms with Crippen LogP contribution < -0.4 is 16.4 Å². The first-order valence-corrected chi connectivity index (χ1v) is 12.5. The van der Waals surface area contributed by atoms with Crippen molar-refractivity contribution in [3.05, 3.63) is 29.8 Å². The summed E-state index contributed by atoms with van der Waals surface area (Å²) in [4.78, 5) is 52.8. The smallest absolute Gasteiger partial charge is 0.408 e. The highest BCUT2D eigenvalue weighted by Gasteiger charge is 2.38. The number of phenolic OH excluding ortho intramolecular Hbond substituents is 1. The minimum absolute atomic E-state index is 0.0485. The molecule has 0 spiro atoms. The van der Waals surface area contributed by atoms with Gasteiger partial charge in [0.2, 0.25) is 17.7 Å². The maximum absolute atomic E-state index is 14.0. The van der Waals surface area contributed by atoms with E-state index in [2.05, 4.69) is 10.6 Å². The lowest BCUT2D eigenvalue weighted by Gasteiger charge is -2.38. The van der Waals surface area contributed by atoms with E-state index in [-0.39, 0.29) is 18.6 Å². The summed E-state index contributed by atoms with van der Waals surface area (Å²) in [5.41, 5.74) is 4.94. The monoisotopic (exact) mass is 506 g/mol. The van der Waals surface area contributed by atoms with Gasteiger partial charge in [-0.25, -0.2) is 4.79 Å². The van der Waals surface area contributed by atoms with E-state index in [1.54, 1.807) is 39.8 Å². The van der Waals surface area contributed by atoms with Crippen LogP contribution in [0.4, 0.5) is 4.79 Å². The molecule has 0 aromatic heterocycles. The summed E-state index contributed by atoms with van der Waals surface area (Å²) in [5, 5.41) is 15.5. The van der Waals surface area contributed by atoms with Crippen LogP contribution in [0.5, 0.6) is 5.75 Å². The van der Waals surface area contributed by atoms with Gasteiger partial charge in [-0.1, -0.05) is 32.4 Å². The van der Waals surface area contributed by atoms with E-state index in [1.165, 1.54) is 17.0 Å². The number of phenols is 1. The average Bonchev–Trinajstić information content (AvgIpc) is 2.77. The van der Waals surface area contributed by atoms with E-state index in [9.17, 15) is 24.3 Å². The summed E-state index contributed by atoms with van der Waals surface area (Å²) in [6.45, 7) is 11.2. The van der Waals surface area contributed by atoms with Crippen LogP contribution in [0.2, 0.25) is 0 Å². The highest BCUT2D eigenvalue weighted by Crippen LogP contribution is 2.28. The Balaban J connectivity index is 3.49. The number of hydrogen-bond acceptors (Lipinski definition) is 6. The highest BCUT2D eigenvalue weighted by molar-refractivity contribution is 5.92. The zero-order valence-corrected chi connectivity index (χ0v) is 22.3. The van der Waals surface area contributed by atoms with Gasteiger partial charge in [0.25, 0.3) is 0 Å². The van der Waals surface area contributed by atoms with E-state index < -0.39 is 47.5 Å². The number of alkyl carbamates (subject to hydrolysis) is 1. The molecule has 0 aliphatic heterocycles. The van der Waals surface area contributed by atoms with Gasteiger partial charge in [0.05, 0.1) is 0 Å². The van der Waals surface area contributed by atoms with Gasteiger partial charge in [-0.2, -0.15) is 0 Å². The predicted octanol–water partition coefficient (Wildman–Crippen LogP) is 3.14. The fourth-order valence-corrected chi connectivity index (χ4v) is 3.59. The van der Waals surface area contributed by atoms with Crippen molar-refractivity contribution in [2.24, 2.45) is 5.73 Å². The first kappa shape index (κ1) is 30.7. The predicted molar refractivity (Wildman–Crippen MR) is 137 cm³/mol. The van der Waals surface area contributed by atoms with E-state index in [1.807, 2.05) is 13.8 Å². The maximum Gasteiger partial charge on any atom is 0.408 e. The highest BCUT2D eigenvalue weighted by atomic mass is 16.6. The molecule has 3 atom stereocenters. The molecule has 0 aliphatic carbocycles.